The van der Waals surface area contributed by atoms with Crippen LogP contribution in [0.1, 0.15) is 34.0 Å². The summed E-state index contributed by atoms with van der Waals surface area (Å²) in [6, 6.07) is 9.41. The number of anilines is 1. The van der Waals surface area contributed by atoms with E-state index in [1.165, 1.54) is 12.1 Å². The zero-order valence-electron chi connectivity index (χ0n) is 14.4. The number of rotatable bonds is 5. The van der Waals surface area contributed by atoms with E-state index in [1.807, 2.05) is 0 Å². The molecule has 0 aromatic heterocycles. The fraction of sp³-hybridized carbons (Fsp3) is 0.263. The van der Waals surface area contributed by atoms with Crippen LogP contribution < -0.4 is 10.6 Å². The largest absolute Gasteiger partial charge is 0.416 e. The van der Waals surface area contributed by atoms with Crippen molar-refractivity contribution in [2.75, 3.05) is 11.9 Å². The van der Waals surface area contributed by atoms with E-state index in [1.54, 1.807) is 32.0 Å². The zero-order valence-corrected chi connectivity index (χ0v) is 14.4. The van der Waals surface area contributed by atoms with Gasteiger partial charge in [-0.1, -0.05) is 18.2 Å². The van der Waals surface area contributed by atoms with E-state index in [2.05, 4.69) is 10.6 Å². The lowest BCUT2D eigenvalue weighted by Gasteiger charge is -2.11. The Kier molecular flexibility index (Phi) is 6.02. The fourth-order valence-corrected chi connectivity index (χ4v) is 2.35. The zero-order chi connectivity index (χ0) is 19.3. The van der Waals surface area contributed by atoms with Crippen LogP contribution in [0.15, 0.2) is 42.5 Å². The molecular weight excluding hydrogens is 345 g/mol. The van der Waals surface area contributed by atoms with Crippen LogP contribution in [0, 0.1) is 6.92 Å². The molecule has 0 bridgehead atoms. The maximum atomic E-state index is 12.6. The van der Waals surface area contributed by atoms with Crippen molar-refractivity contribution in [3.63, 3.8) is 0 Å². The van der Waals surface area contributed by atoms with Gasteiger partial charge in [0.15, 0.2) is 0 Å². The van der Waals surface area contributed by atoms with Gasteiger partial charge < -0.3 is 10.6 Å². The molecule has 2 aromatic carbocycles. The van der Waals surface area contributed by atoms with E-state index >= 15 is 0 Å². The van der Waals surface area contributed by atoms with Crippen molar-refractivity contribution in [1.82, 2.24) is 5.32 Å². The lowest BCUT2D eigenvalue weighted by atomic mass is 10.1. The normalized spacial score (nSPS) is 11.1. The third kappa shape index (κ3) is 5.08. The summed E-state index contributed by atoms with van der Waals surface area (Å²) in [6.45, 7) is 4.08. The van der Waals surface area contributed by atoms with Crippen LogP contribution in [0.3, 0.4) is 0 Å². The molecule has 2 N–H and O–H groups in total. The predicted octanol–water partition coefficient (Wildman–Crippen LogP) is 3.94. The van der Waals surface area contributed by atoms with Crippen LogP contribution in [-0.4, -0.2) is 18.4 Å². The third-order valence-electron chi connectivity index (χ3n) is 3.76. The van der Waals surface area contributed by atoms with E-state index in [0.29, 0.717) is 23.4 Å². The van der Waals surface area contributed by atoms with Gasteiger partial charge in [0.05, 0.1) is 12.0 Å². The molecule has 0 heterocycles. The first kappa shape index (κ1) is 19.5. The van der Waals surface area contributed by atoms with Crippen molar-refractivity contribution in [1.29, 1.82) is 0 Å². The van der Waals surface area contributed by atoms with Gasteiger partial charge in [-0.05, 0) is 49.2 Å². The second-order valence-corrected chi connectivity index (χ2v) is 5.81. The van der Waals surface area contributed by atoms with E-state index in [4.69, 9.17) is 0 Å². The first-order chi connectivity index (χ1) is 12.2. The predicted molar refractivity (Wildman–Crippen MR) is 93.0 cm³/mol. The lowest BCUT2D eigenvalue weighted by molar-refractivity contribution is -0.137. The minimum absolute atomic E-state index is 0.0665. The van der Waals surface area contributed by atoms with Gasteiger partial charge in [-0.3, -0.25) is 9.59 Å². The van der Waals surface area contributed by atoms with Gasteiger partial charge in [-0.15, -0.1) is 0 Å². The SMILES string of the molecule is CCNC(=O)c1ccc(C)c(NC(=O)Cc2ccc(C(F)(F)F)cc2)c1. The molecule has 0 radical (unpaired) electrons. The molecule has 0 aliphatic rings. The van der Waals surface area contributed by atoms with Crippen molar-refractivity contribution >= 4 is 17.5 Å². The Morgan fingerprint density at radius 3 is 2.27 bits per heavy atom. The molecule has 0 atom stereocenters. The van der Waals surface area contributed by atoms with Gasteiger partial charge in [-0.2, -0.15) is 13.2 Å². The summed E-state index contributed by atoms with van der Waals surface area (Å²) >= 11 is 0. The van der Waals surface area contributed by atoms with Gasteiger partial charge in [0.1, 0.15) is 0 Å². The summed E-state index contributed by atoms with van der Waals surface area (Å²) in [5, 5.41) is 5.38. The second kappa shape index (κ2) is 8.03. The first-order valence-electron chi connectivity index (χ1n) is 8.05. The maximum Gasteiger partial charge on any atom is 0.416 e. The van der Waals surface area contributed by atoms with Crippen LogP contribution >= 0.6 is 0 Å². The van der Waals surface area contributed by atoms with Crippen LogP contribution in [0.4, 0.5) is 18.9 Å². The number of carbonyl (C=O) groups excluding carboxylic acids is 2. The number of aryl methyl sites for hydroxylation is 1. The molecule has 0 unspecified atom stereocenters. The molecule has 2 aromatic rings. The van der Waals surface area contributed by atoms with Crippen molar-refractivity contribution in [3.8, 4) is 0 Å². The third-order valence-corrected chi connectivity index (χ3v) is 3.76. The molecule has 0 saturated heterocycles. The number of amides is 2. The van der Waals surface area contributed by atoms with Crippen LogP contribution in [0.2, 0.25) is 0 Å². The molecule has 2 rings (SSSR count). The van der Waals surface area contributed by atoms with E-state index in [-0.39, 0.29) is 18.2 Å². The van der Waals surface area contributed by atoms with E-state index < -0.39 is 11.7 Å². The summed E-state index contributed by atoms with van der Waals surface area (Å²) in [5.74, 6) is -0.619. The maximum absolute atomic E-state index is 12.6. The van der Waals surface area contributed by atoms with Gasteiger partial charge in [0.2, 0.25) is 5.91 Å². The van der Waals surface area contributed by atoms with Gasteiger partial charge >= 0.3 is 6.18 Å². The number of benzene rings is 2. The molecular formula is C19H19F3N2O2. The van der Waals surface area contributed by atoms with Crippen molar-refractivity contribution in [2.24, 2.45) is 0 Å². The Bertz CT molecular complexity index is 799. The monoisotopic (exact) mass is 364 g/mol. The number of hydrogen-bond donors (Lipinski definition) is 2. The highest BCUT2D eigenvalue weighted by Gasteiger charge is 2.29. The molecule has 0 fully saturated rings. The number of nitrogens with one attached hydrogen (secondary N) is 2. The number of hydrogen-bond acceptors (Lipinski definition) is 2. The first-order valence-corrected chi connectivity index (χ1v) is 8.05. The Balaban J connectivity index is 2.08. The standard InChI is InChI=1S/C19H19F3N2O2/c1-3-23-18(26)14-7-4-12(2)16(11-14)24-17(25)10-13-5-8-15(9-6-13)19(20,21)22/h4-9,11H,3,10H2,1-2H3,(H,23,26)(H,24,25). The quantitative estimate of drug-likeness (QED) is 0.844. The Labute approximate surface area is 149 Å². The molecule has 2 amide bonds. The van der Waals surface area contributed by atoms with Crippen molar-refractivity contribution in [2.45, 2.75) is 26.4 Å². The highest BCUT2D eigenvalue weighted by molar-refractivity contribution is 5.98. The van der Waals surface area contributed by atoms with E-state index in [0.717, 1.165) is 17.7 Å². The van der Waals surface area contributed by atoms with E-state index in [9.17, 15) is 22.8 Å². The second-order valence-electron chi connectivity index (χ2n) is 5.81. The molecule has 0 saturated carbocycles. The highest BCUT2D eigenvalue weighted by atomic mass is 19.4. The van der Waals surface area contributed by atoms with Gasteiger partial charge in [0.25, 0.3) is 5.91 Å². The number of carbonyl (C=O) groups is 2. The molecule has 0 aliphatic heterocycles. The minimum atomic E-state index is -4.41. The Hall–Kier alpha value is -2.83. The van der Waals surface area contributed by atoms with Crippen molar-refractivity contribution in [3.05, 3.63) is 64.7 Å². The molecule has 138 valence electrons. The molecule has 0 spiro atoms. The van der Waals surface area contributed by atoms with Crippen molar-refractivity contribution < 1.29 is 22.8 Å². The molecule has 26 heavy (non-hydrogen) atoms. The Morgan fingerprint density at radius 1 is 1.04 bits per heavy atom. The highest BCUT2D eigenvalue weighted by Crippen LogP contribution is 2.29. The van der Waals surface area contributed by atoms with Crippen LogP contribution in [-0.2, 0) is 17.4 Å². The molecule has 7 heteroatoms. The molecule has 0 aliphatic carbocycles. The summed E-state index contributed by atoms with van der Waals surface area (Å²) in [5.41, 5.74) is 1.40. The number of alkyl halides is 3. The van der Waals surface area contributed by atoms with Crippen LogP contribution in [0.25, 0.3) is 0 Å². The summed E-state index contributed by atoms with van der Waals surface area (Å²) in [6.07, 6.45) is -4.47. The fourth-order valence-electron chi connectivity index (χ4n) is 2.35. The minimum Gasteiger partial charge on any atom is -0.352 e. The van der Waals surface area contributed by atoms with Gasteiger partial charge in [-0.25, -0.2) is 0 Å². The molecule has 4 nitrogen and oxygen atoms in total. The Morgan fingerprint density at radius 2 is 1.69 bits per heavy atom. The average molecular weight is 364 g/mol. The lowest BCUT2D eigenvalue weighted by Crippen LogP contribution is -2.23. The summed E-state index contributed by atoms with van der Waals surface area (Å²) in [7, 11) is 0. The average Bonchev–Trinajstić information content (AvgIpc) is 2.56. The summed E-state index contributed by atoms with van der Waals surface area (Å²) < 4.78 is 37.7. The van der Waals surface area contributed by atoms with Gasteiger partial charge in [0, 0.05) is 17.8 Å². The summed E-state index contributed by atoms with van der Waals surface area (Å²) in [4.78, 5) is 24.1. The topological polar surface area (TPSA) is 58.2 Å². The smallest absolute Gasteiger partial charge is 0.352 e. The number of halogens is 3. The van der Waals surface area contributed by atoms with Crippen LogP contribution in [0.5, 0.6) is 0 Å².